The number of rotatable bonds is 8. The molecule has 0 spiro atoms. The van der Waals surface area contributed by atoms with E-state index in [2.05, 4.69) is 38.2 Å². The number of ether oxygens (including phenoxy) is 1. The minimum atomic E-state index is -0.537. The smallest absolute Gasteiger partial charge is 0.127 e. The van der Waals surface area contributed by atoms with Gasteiger partial charge < -0.3 is 27.6 Å². The first-order chi connectivity index (χ1) is 11.0. The molecule has 0 heterocycles. The minimum absolute atomic E-state index is 0. The van der Waals surface area contributed by atoms with Crippen LogP contribution in [0, 0.1) is 0 Å². The maximum atomic E-state index is 10.1. The number of aliphatic hydroxyl groups is 1. The standard InChI is InChI=1S/C20H27NO2.ClH/c1-4-20(2,3)21-14-17(22)15-23-19-13-9-8-12-18(19)16-10-6-5-7-11-16;/h5-13,17,21-22H,4,14-15H2,1-3H3;1H/p-1. The lowest BCUT2D eigenvalue weighted by Crippen LogP contribution is -3.00. The van der Waals surface area contributed by atoms with Crippen molar-refractivity contribution in [3.8, 4) is 16.9 Å². The van der Waals surface area contributed by atoms with Gasteiger partial charge in [0.1, 0.15) is 18.5 Å². The van der Waals surface area contributed by atoms with Crippen LogP contribution in [0.4, 0.5) is 0 Å². The van der Waals surface area contributed by atoms with Crippen LogP contribution in [-0.2, 0) is 0 Å². The van der Waals surface area contributed by atoms with Gasteiger partial charge in [-0.15, -0.1) is 0 Å². The molecule has 0 amide bonds. The highest BCUT2D eigenvalue weighted by molar-refractivity contribution is 5.70. The van der Waals surface area contributed by atoms with Crippen molar-refractivity contribution in [3.05, 3.63) is 54.6 Å². The fraction of sp³-hybridized carbons (Fsp3) is 0.400. The Balaban J connectivity index is 0.00000288. The van der Waals surface area contributed by atoms with Gasteiger partial charge in [-0.05, 0) is 31.9 Å². The summed E-state index contributed by atoms with van der Waals surface area (Å²) in [5, 5.41) is 13.5. The molecule has 1 unspecified atom stereocenters. The molecule has 1 atom stereocenters. The molecule has 2 aromatic carbocycles. The first kappa shape index (κ1) is 20.5. The zero-order chi connectivity index (χ0) is 16.7. The first-order valence-electron chi connectivity index (χ1n) is 8.22. The molecule has 0 bridgehead atoms. The maximum Gasteiger partial charge on any atom is 0.127 e. The van der Waals surface area contributed by atoms with Gasteiger partial charge in [0.05, 0.1) is 0 Å². The monoisotopic (exact) mass is 348 g/mol. The van der Waals surface area contributed by atoms with E-state index in [1.165, 1.54) is 0 Å². The van der Waals surface area contributed by atoms with Crippen molar-refractivity contribution in [1.29, 1.82) is 0 Å². The van der Waals surface area contributed by atoms with Gasteiger partial charge in [0.25, 0.3) is 0 Å². The van der Waals surface area contributed by atoms with Crippen molar-refractivity contribution < 1.29 is 22.3 Å². The van der Waals surface area contributed by atoms with Crippen LogP contribution in [-0.4, -0.2) is 29.9 Å². The summed E-state index contributed by atoms with van der Waals surface area (Å²) in [5.41, 5.74) is 2.19. The fourth-order valence-corrected chi connectivity index (χ4v) is 2.21. The Kier molecular flexibility index (Phi) is 8.26. The Morgan fingerprint density at radius 1 is 1.04 bits per heavy atom. The van der Waals surface area contributed by atoms with Crippen LogP contribution in [0.1, 0.15) is 27.2 Å². The Hall–Kier alpha value is -1.55. The van der Waals surface area contributed by atoms with Crippen LogP contribution in [0.25, 0.3) is 11.1 Å². The summed E-state index contributed by atoms with van der Waals surface area (Å²) in [4.78, 5) is 0. The quantitative estimate of drug-likeness (QED) is 0.744. The van der Waals surface area contributed by atoms with E-state index in [4.69, 9.17) is 4.74 Å². The van der Waals surface area contributed by atoms with Crippen molar-refractivity contribution in [2.24, 2.45) is 0 Å². The maximum absolute atomic E-state index is 10.1. The molecule has 2 N–H and O–H groups in total. The molecule has 2 rings (SSSR count). The van der Waals surface area contributed by atoms with E-state index in [-0.39, 0.29) is 24.6 Å². The average molecular weight is 349 g/mol. The first-order valence-corrected chi connectivity index (χ1v) is 8.22. The predicted molar refractivity (Wildman–Crippen MR) is 95.8 cm³/mol. The number of hydrogen-bond acceptors (Lipinski definition) is 3. The summed E-state index contributed by atoms with van der Waals surface area (Å²) in [5.74, 6) is 0.799. The Morgan fingerprint density at radius 3 is 2.33 bits per heavy atom. The number of halogens is 1. The predicted octanol–water partition coefficient (Wildman–Crippen LogP) is 0.876. The highest BCUT2D eigenvalue weighted by atomic mass is 35.5. The third-order valence-corrected chi connectivity index (χ3v) is 4.10. The van der Waals surface area contributed by atoms with E-state index < -0.39 is 6.10 Å². The number of hydrogen-bond donors (Lipinski definition) is 2. The van der Waals surface area contributed by atoms with Crippen LogP contribution >= 0.6 is 0 Å². The van der Waals surface area contributed by atoms with Gasteiger partial charge in [0, 0.05) is 17.6 Å². The van der Waals surface area contributed by atoms with Gasteiger partial charge in [-0.2, -0.15) is 0 Å². The lowest BCUT2D eigenvalue weighted by atomic mass is 10.0. The summed E-state index contributed by atoms with van der Waals surface area (Å²) >= 11 is 0. The number of benzene rings is 2. The van der Waals surface area contributed by atoms with E-state index in [9.17, 15) is 5.11 Å². The summed E-state index contributed by atoms with van der Waals surface area (Å²) in [6, 6.07) is 18.1. The van der Waals surface area contributed by atoms with E-state index in [0.717, 1.165) is 23.3 Å². The largest absolute Gasteiger partial charge is 1.00 e. The van der Waals surface area contributed by atoms with Crippen molar-refractivity contribution in [2.45, 2.75) is 38.8 Å². The summed E-state index contributed by atoms with van der Waals surface area (Å²) in [6.45, 7) is 7.19. The van der Waals surface area contributed by atoms with E-state index >= 15 is 0 Å². The molecule has 0 aliphatic rings. The number of para-hydroxylation sites is 1. The highest BCUT2D eigenvalue weighted by Crippen LogP contribution is 2.29. The van der Waals surface area contributed by atoms with Crippen LogP contribution in [0.5, 0.6) is 5.75 Å². The third kappa shape index (κ3) is 6.16. The van der Waals surface area contributed by atoms with E-state index in [0.29, 0.717) is 6.54 Å². The van der Waals surface area contributed by atoms with Gasteiger partial charge in [0.15, 0.2) is 0 Å². The molecule has 2 aromatic rings. The molecule has 4 heteroatoms. The molecule has 0 saturated heterocycles. The molecule has 0 aliphatic carbocycles. The van der Waals surface area contributed by atoms with E-state index in [1.807, 2.05) is 42.5 Å². The van der Waals surface area contributed by atoms with Crippen molar-refractivity contribution >= 4 is 0 Å². The summed E-state index contributed by atoms with van der Waals surface area (Å²) in [7, 11) is 0. The molecule has 0 saturated carbocycles. The van der Waals surface area contributed by atoms with Gasteiger partial charge in [-0.3, -0.25) is 0 Å². The van der Waals surface area contributed by atoms with Crippen LogP contribution in [0.3, 0.4) is 0 Å². The molecule has 132 valence electrons. The second-order valence-electron chi connectivity index (χ2n) is 6.45. The Labute approximate surface area is 151 Å². The number of nitrogens with one attached hydrogen (secondary N) is 1. The Bertz CT molecular complexity index is 602. The molecule has 0 radical (unpaired) electrons. The van der Waals surface area contributed by atoms with Gasteiger partial charge in [-0.25, -0.2) is 0 Å². The Morgan fingerprint density at radius 2 is 1.67 bits per heavy atom. The fourth-order valence-electron chi connectivity index (χ4n) is 2.21. The van der Waals surface area contributed by atoms with Crippen LogP contribution < -0.4 is 22.5 Å². The average Bonchev–Trinajstić information content (AvgIpc) is 2.59. The second-order valence-corrected chi connectivity index (χ2v) is 6.45. The van der Waals surface area contributed by atoms with Crippen molar-refractivity contribution in [2.75, 3.05) is 13.2 Å². The normalized spacial score (nSPS) is 12.3. The molecular weight excluding hydrogens is 322 g/mol. The van der Waals surface area contributed by atoms with Gasteiger partial charge >= 0.3 is 0 Å². The minimum Gasteiger partial charge on any atom is -1.00 e. The van der Waals surface area contributed by atoms with Crippen LogP contribution in [0.2, 0.25) is 0 Å². The summed E-state index contributed by atoms with van der Waals surface area (Å²) < 4.78 is 5.86. The number of aliphatic hydroxyl groups excluding tert-OH is 1. The summed E-state index contributed by atoms with van der Waals surface area (Å²) in [6.07, 6.45) is 0.474. The lowest BCUT2D eigenvalue weighted by Gasteiger charge is -2.26. The van der Waals surface area contributed by atoms with E-state index in [1.54, 1.807) is 0 Å². The molecule has 0 aromatic heterocycles. The topological polar surface area (TPSA) is 41.5 Å². The molecule has 0 fully saturated rings. The lowest BCUT2D eigenvalue weighted by molar-refractivity contribution is -0.00000678. The molecular formula is C20H27ClNO2-. The van der Waals surface area contributed by atoms with Crippen LogP contribution in [0.15, 0.2) is 54.6 Å². The molecule has 3 nitrogen and oxygen atoms in total. The van der Waals surface area contributed by atoms with Crippen molar-refractivity contribution in [3.63, 3.8) is 0 Å². The van der Waals surface area contributed by atoms with Crippen molar-refractivity contribution in [1.82, 2.24) is 5.32 Å². The van der Waals surface area contributed by atoms with Gasteiger partial charge in [-0.1, -0.05) is 55.5 Å². The zero-order valence-corrected chi connectivity index (χ0v) is 15.4. The zero-order valence-electron chi connectivity index (χ0n) is 14.6. The molecule has 24 heavy (non-hydrogen) atoms. The van der Waals surface area contributed by atoms with Gasteiger partial charge in [0.2, 0.25) is 0 Å². The second kappa shape index (κ2) is 9.67. The highest BCUT2D eigenvalue weighted by Gasteiger charge is 2.16. The molecule has 0 aliphatic heterocycles. The number of β-amino-alcohol motifs (C(OH)–C–C–N with tert-alkyl or cyclic N) is 1. The SMILES string of the molecule is CCC(C)(C)NCC(O)COc1ccccc1-c1ccccc1.[Cl-]. The third-order valence-electron chi connectivity index (χ3n) is 4.10.